The molecule has 2 heterocycles. The average molecular weight is 311 g/mol. The van der Waals surface area contributed by atoms with Crippen LogP contribution in [0.15, 0.2) is 11.7 Å². The summed E-state index contributed by atoms with van der Waals surface area (Å²) in [6, 6.07) is 0. The summed E-state index contributed by atoms with van der Waals surface area (Å²) >= 11 is 1.66. The number of amides is 1. The van der Waals surface area contributed by atoms with Crippen LogP contribution in [-0.2, 0) is 11.3 Å². The van der Waals surface area contributed by atoms with Crippen molar-refractivity contribution < 1.29 is 9.53 Å². The van der Waals surface area contributed by atoms with Gasteiger partial charge >= 0.3 is 6.09 Å². The molecule has 118 valence electrons. The van der Waals surface area contributed by atoms with Gasteiger partial charge in [0.2, 0.25) is 0 Å². The number of carbonyl (C=O) groups excluding carboxylic acids is 1. The fourth-order valence-corrected chi connectivity index (χ4v) is 3.02. The van der Waals surface area contributed by atoms with Gasteiger partial charge in [-0.25, -0.2) is 4.79 Å². The highest BCUT2D eigenvalue weighted by Crippen LogP contribution is 2.19. The molecule has 1 aromatic rings. The lowest BCUT2D eigenvalue weighted by molar-refractivity contribution is 0.0166. The molecule has 0 radical (unpaired) electrons. The first kappa shape index (κ1) is 16.2. The van der Waals surface area contributed by atoms with Crippen LogP contribution in [0.25, 0.3) is 0 Å². The molecule has 0 aliphatic carbocycles. The van der Waals surface area contributed by atoms with E-state index < -0.39 is 5.60 Å². The number of likely N-dealkylation sites (tertiary alicyclic amines) is 1. The highest BCUT2D eigenvalue weighted by Gasteiger charge is 2.27. The molecule has 21 heavy (non-hydrogen) atoms. The number of nitrogens with one attached hydrogen (secondary N) is 1. The second kappa shape index (κ2) is 7.22. The predicted octanol–water partition coefficient (Wildman–Crippen LogP) is 2.88. The van der Waals surface area contributed by atoms with E-state index in [1.165, 1.54) is 4.88 Å². The Balaban J connectivity index is 1.74. The van der Waals surface area contributed by atoms with Gasteiger partial charge in [0.25, 0.3) is 0 Å². The number of piperidine rings is 1. The Labute approximate surface area is 130 Å². The third-order valence-electron chi connectivity index (χ3n) is 3.39. The fraction of sp³-hybridized carbons (Fsp3) is 0.733. The molecule has 2 rings (SSSR count). The van der Waals surface area contributed by atoms with E-state index in [-0.39, 0.29) is 6.09 Å². The van der Waals surface area contributed by atoms with E-state index in [9.17, 15) is 4.79 Å². The molecule has 1 aliphatic rings. The van der Waals surface area contributed by atoms with Gasteiger partial charge < -0.3 is 15.0 Å². The average Bonchev–Trinajstić information content (AvgIpc) is 2.90. The summed E-state index contributed by atoms with van der Waals surface area (Å²) in [5.41, 5.74) is 1.43. The van der Waals surface area contributed by atoms with Crippen molar-refractivity contribution in [3.63, 3.8) is 0 Å². The highest BCUT2D eigenvalue weighted by molar-refractivity contribution is 7.09. The molecule has 1 unspecified atom stereocenters. The Morgan fingerprint density at radius 2 is 2.38 bits per heavy atom. The lowest BCUT2D eigenvalue weighted by atomic mass is 9.98. The summed E-state index contributed by atoms with van der Waals surface area (Å²) in [5.74, 6) is 0.499. The molecule has 1 atom stereocenters. The van der Waals surface area contributed by atoms with Crippen molar-refractivity contribution in [3.05, 3.63) is 16.6 Å². The van der Waals surface area contributed by atoms with Crippen LogP contribution in [0.2, 0.25) is 0 Å². The monoisotopic (exact) mass is 311 g/mol. The molecule has 0 spiro atoms. The fourth-order valence-electron chi connectivity index (χ4n) is 2.45. The van der Waals surface area contributed by atoms with Gasteiger partial charge in [0, 0.05) is 30.7 Å². The SMILES string of the molecule is CC(C)(C)OC(=O)N1CCCC(CNCc2cncs2)C1. The van der Waals surface area contributed by atoms with Crippen molar-refractivity contribution in [2.75, 3.05) is 19.6 Å². The number of hydrogen-bond acceptors (Lipinski definition) is 5. The molecule has 6 heteroatoms. The van der Waals surface area contributed by atoms with Crippen molar-refractivity contribution in [1.29, 1.82) is 0 Å². The normalized spacial score (nSPS) is 19.6. The molecule has 1 aliphatic heterocycles. The van der Waals surface area contributed by atoms with Crippen molar-refractivity contribution in [2.24, 2.45) is 5.92 Å². The number of nitrogens with zero attached hydrogens (tertiary/aromatic N) is 2. The summed E-state index contributed by atoms with van der Waals surface area (Å²) in [4.78, 5) is 19.2. The minimum Gasteiger partial charge on any atom is -0.444 e. The topological polar surface area (TPSA) is 54.5 Å². The molecular weight excluding hydrogens is 286 g/mol. The molecule has 1 aromatic heterocycles. The van der Waals surface area contributed by atoms with Crippen LogP contribution in [-0.4, -0.2) is 41.2 Å². The Bertz CT molecular complexity index is 442. The number of aromatic nitrogens is 1. The van der Waals surface area contributed by atoms with Crippen molar-refractivity contribution in [3.8, 4) is 0 Å². The quantitative estimate of drug-likeness (QED) is 0.929. The molecule has 0 aromatic carbocycles. The summed E-state index contributed by atoms with van der Waals surface area (Å²) < 4.78 is 5.45. The Morgan fingerprint density at radius 1 is 1.57 bits per heavy atom. The molecule has 0 bridgehead atoms. The van der Waals surface area contributed by atoms with Gasteiger partial charge in [-0.05, 0) is 46.1 Å². The zero-order chi connectivity index (χ0) is 15.3. The first-order valence-electron chi connectivity index (χ1n) is 7.50. The molecule has 1 amide bonds. The highest BCUT2D eigenvalue weighted by atomic mass is 32.1. The van der Waals surface area contributed by atoms with E-state index in [2.05, 4.69) is 10.3 Å². The maximum atomic E-state index is 12.1. The lowest BCUT2D eigenvalue weighted by Gasteiger charge is -2.34. The zero-order valence-corrected chi connectivity index (χ0v) is 13.9. The van der Waals surface area contributed by atoms with Gasteiger partial charge in [-0.15, -0.1) is 11.3 Å². The summed E-state index contributed by atoms with van der Waals surface area (Å²) in [7, 11) is 0. The van der Waals surface area contributed by atoms with Crippen LogP contribution in [0.1, 0.15) is 38.5 Å². The minimum atomic E-state index is -0.422. The minimum absolute atomic E-state index is 0.186. The summed E-state index contributed by atoms with van der Waals surface area (Å²) in [6.45, 7) is 9.09. The third-order valence-corrected chi connectivity index (χ3v) is 4.17. The van der Waals surface area contributed by atoms with Gasteiger partial charge in [0.1, 0.15) is 5.60 Å². The number of hydrogen-bond donors (Lipinski definition) is 1. The van der Waals surface area contributed by atoms with Crippen LogP contribution in [0.4, 0.5) is 4.79 Å². The maximum absolute atomic E-state index is 12.1. The Hall–Kier alpha value is -1.14. The van der Waals surface area contributed by atoms with Crippen molar-refractivity contribution in [2.45, 2.75) is 45.8 Å². The largest absolute Gasteiger partial charge is 0.444 e. The van der Waals surface area contributed by atoms with E-state index in [4.69, 9.17) is 4.74 Å². The smallest absolute Gasteiger partial charge is 0.410 e. The Kier molecular flexibility index (Phi) is 5.58. The van der Waals surface area contributed by atoms with E-state index in [0.717, 1.165) is 39.0 Å². The summed E-state index contributed by atoms with van der Waals surface area (Å²) in [5, 5.41) is 3.46. The van der Waals surface area contributed by atoms with E-state index in [1.807, 2.05) is 37.4 Å². The Morgan fingerprint density at radius 3 is 3.05 bits per heavy atom. The number of rotatable bonds is 4. The van der Waals surface area contributed by atoms with E-state index in [0.29, 0.717) is 5.92 Å². The van der Waals surface area contributed by atoms with E-state index in [1.54, 1.807) is 11.3 Å². The molecular formula is C15H25N3O2S. The molecule has 0 saturated carbocycles. The van der Waals surface area contributed by atoms with Crippen LogP contribution >= 0.6 is 11.3 Å². The van der Waals surface area contributed by atoms with Crippen molar-refractivity contribution >= 4 is 17.4 Å². The molecule has 5 nitrogen and oxygen atoms in total. The van der Waals surface area contributed by atoms with Gasteiger partial charge in [-0.3, -0.25) is 4.98 Å². The predicted molar refractivity (Wildman–Crippen MR) is 84.4 cm³/mol. The third kappa shape index (κ3) is 5.63. The van der Waals surface area contributed by atoms with E-state index >= 15 is 0 Å². The molecule has 1 N–H and O–H groups in total. The maximum Gasteiger partial charge on any atom is 0.410 e. The lowest BCUT2D eigenvalue weighted by Crippen LogP contribution is -2.44. The van der Waals surface area contributed by atoms with Crippen LogP contribution in [0.3, 0.4) is 0 Å². The number of thiazole rings is 1. The van der Waals surface area contributed by atoms with Crippen LogP contribution in [0, 0.1) is 5.92 Å². The first-order chi connectivity index (χ1) is 9.94. The van der Waals surface area contributed by atoms with Gasteiger partial charge in [-0.2, -0.15) is 0 Å². The van der Waals surface area contributed by atoms with Crippen LogP contribution < -0.4 is 5.32 Å². The number of ether oxygens (including phenoxy) is 1. The molecule has 1 saturated heterocycles. The van der Waals surface area contributed by atoms with Gasteiger partial charge in [0.15, 0.2) is 0 Å². The van der Waals surface area contributed by atoms with Crippen LogP contribution in [0.5, 0.6) is 0 Å². The summed E-state index contributed by atoms with van der Waals surface area (Å²) in [6.07, 6.45) is 3.92. The van der Waals surface area contributed by atoms with Crippen molar-refractivity contribution in [1.82, 2.24) is 15.2 Å². The standard InChI is InChI=1S/C15H25N3O2S/c1-15(2,3)20-14(19)18-6-4-5-12(10-18)7-16-8-13-9-17-11-21-13/h9,11-12,16H,4-8,10H2,1-3H3. The second-order valence-corrected chi connectivity index (χ2v) is 7.50. The number of carbonyl (C=O) groups is 1. The second-order valence-electron chi connectivity index (χ2n) is 6.53. The first-order valence-corrected chi connectivity index (χ1v) is 8.38. The zero-order valence-electron chi connectivity index (χ0n) is 13.1. The van der Waals surface area contributed by atoms with Gasteiger partial charge in [-0.1, -0.05) is 0 Å². The molecule has 1 fully saturated rings. The van der Waals surface area contributed by atoms with Gasteiger partial charge in [0.05, 0.1) is 5.51 Å².